The van der Waals surface area contributed by atoms with E-state index in [2.05, 4.69) is 12.2 Å². The maximum atomic E-state index is 13.1. The van der Waals surface area contributed by atoms with Crippen LogP contribution >= 0.6 is 11.6 Å². The van der Waals surface area contributed by atoms with Gasteiger partial charge >= 0.3 is 6.03 Å². The van der Waals surface area contributed by atoms with Crippen molar-refractivity contribution in [2.45, 2.75) is 32.6 Å². The summed E-state index contributed by atoms with van der Waals surface area (Å²) in [7, 11) is 0. The van der Waals surface area contributed by atoms with Crippen molar-refractivity contribution in [3.63, 3.8) is 0 Å². The number of carbonyl (C=O) groups excluding carboxylic acids is 3. The van der Waals surface area contributed by atoms with E-state index in [1.165, 1.54) is 24.3 Å². The van der Waals surface area contributed by atoms with Crippen LogP contribution in [0.15, 0.2) is 48.0 Å². The predicted octanol–water partition coefficient (Wildman–Crippen LogP) is 4.87. The van der Waals surface area contributed by atoms with E-state index in [1.54, 1.807) is 18.2 Å². The monoisotopic (exact) mass is 471 g/mol. The van der Waals surface area contributed by atoms with Gasteiger partial charge in [-0.3, -0.25) is 25.0 Å². The molecule has 0 bridgehead atoms. The molecule has 1 aliphatic heterocycles. The summed E-state index contributed by atoms with van der Waals surface area (Å²) in [4.78, 5) is 49.0. The molecule has 0 unspecified atom stereocenters. The molecule has 1 aliphatic rings. The second-order valence-electron chi connectivity index (χ2n) is 7.33. The zero-order chi connectivity index (χ0) is 24.0. The molecule has 0 spiro atoms. The van der Waals surface area contributed by atoms with Crippen LogP contribution in [0.2, 0.25) is 5.02 Å². The largest absolute Gasteiger partial charge is 0.493 e. The number of nitrogens with one attached hydrogen (secondary N) is 1. The highest BCUT2D eigenvalue weighted by Crippen LogP contribution is 2.29. The first-order valence-corrected chi connectivity index (χ1v) is 10.8. The van der Waals surface area contributed by atoms with Crippen molar-refractivity contribution in [1.82, 2.24) is 5.32 Å². The Hall–Kier alpha value is -3.72. The molecule has 1 saturated heterocycles. The highest BCUT2D eigenvalue weighted by atomic mass is 35.5. The van der Waals surface area contributed by atoms with E-state index >= 15 is 0 Å². The quantitative estimate of drug-likeness (QED) is 0.183. The number of anilines is 1. The molecule has 9 nitrogen and oxygen atoms in total. The summed E-state index contributed by atoms with van der Waals surface area (Å²) in [6.07, 6.45) is 5.34. The highest BCUT2D eigenvalue weighted by Gasteiger charge is 2.37. The molecule has 1 fully saturated rings. The number of nitro benzene ring substituents is 1. The number of ether oxygens (including phenoxy) is 1. The number of carbonyl (C=O) groups is 3. The number of imide groups is 2. The Bertz CT molecular complexity index is 1130. The average molecular weight is 472 g/mol. The summed E-state index contributed by atoms with van der Waals surface area (Å²) in [6, 6.07) is 8.84. The van der Waals surface area contributed by atoms with Crippen LogP contribution in [0.5, 0.6) is 5.75 Å². The number of urea groups is 1. The van der Waals surface area contributed by atoms with E-state index < -0.39 is 22.8 Å². The number of amides is 4. The lowest BCUT2D eigenvalue weighted by molar-refractivity contribution is -0.384. The number of nitro groups is 1. The molecule has 4 amide bonds. The van der Waals surface area contributed by atoms with Crippen LogP contribution in [0, 0.1) is 10.1 Å². The third kappa shape index (κ3) is 5.75. The molecule has 0 aliphatic carbocycles. The van der Waals surface area contributed by atoms with E-state index in [4.69, 9.17) is 16.3 Å². The topological polar surface area (TPSA) is 119 Å². The fourth-order valence-corrected chi connectivity index (χ4v) is 3.45. The number of halogens is 1. The summed E-state index contributed by atoms with van der Waals surface area (Å²) >= 11 is 6.11. The van der Waals surface area contributed by atoms with Crippen LogP contribution < -0.4 is 15.0 Å². The summed E-state index contributed by atoms with van der Waals surface area (Å²) in [5.41, 5.74) is -0.281. The van der Waals surface area contributed by atoms with E-state index in [0.29, 0.717) is 27.8 Å². The molecular weight excluding hydrogens is 450 g/mol. The van der Waals surface area contributed by atoms with Crippen molar-refractivity contribution in [1.29, 1.82) is 0 Å². The summed E-state index contributed by atoms with van der Waals surface area (Å²) < 4.78 is 5.82. The second kappa shape index (κ2) is 10.7. The number of hydrogen-bond acceptors (Lipinski definition) is 6. The van der Waals surface area contributed by atoms with Gasteiger partial charge in [0.1, 0.15) is 11.3 Å². The maximum Gasteiger partial charge on any atom is 0.335 e. The first-order valence-electron chi connectivity index (χ1n) is 10.4. The van der Waals surface area contributed by atoms with Gasteiger partial charge in [-0.25, -0.2) is 9.69 Å². The van der Waals surface area contributed by atoms with Gasteiger partial charge in [-0.1, -0.05) is 43.9 Å². The number of nitrogens with zero attached hydrogens (tertiary/aromatic N) is 2. The standard InChI is InChI=1S/C23H22ClN3O6/c1-2-3-4-5-11-33-20-10-9-16(24)12-15(20)13-19-21(28)25-23(30)26(22(19)29)17-7-6-8-18(14-17)27(31)32/h6-10,12-14H,2-5,11H2,1H3,(H,25,28,30). The third-order valence-corrected chi connectivity index (χ3v) is 5.16. The Morgan fingerprint density at radius 2 is 1.91 bits per heavy atom. The van der Waals surface area contributed by atoms with Gasteiger partial charge in [-0.2, -0.15) is 0 Å². The number of benzene rings is 2. The van der Waals surface area contributed by atoms with Crippen LogP contribution in [0.1, 0.15) is 38.2 Å². The van der Waals surface area contributed by atoms with Crippen LogP contribution in [0.4, 0.5) is 16.2 Å². The molecule has 0 aromatic heterocycles. The van der Waals surface area contributed by atoms with E-state index in [0.717, 1.165) is 31.7 Å². The Balaban J connectivity index is 1.93. The Kier molecular flexibility index (Phi) is 7.78. The molecule has 10 heteroatoms. The molecule has 1 N–H and O–H groups in total. The van der Waals surface area contributed by atoms with Gasteiger partial charge < -0.3 is 4.74 Å². The molecule has 0 radical (unpaired) electrons. The zero-order valence-electron chi connectivity index (χ0n) is 17.9. The highest BCUT2D eigenvalue weighted by molar-refractivity contribution is 6.39. The predicted molar refractivity (Wildman–Crippen MR) is 123 cm³/mol. The Morgan fingerprint density at radius 1 is 1.12 bits per heavy atom. The summed E-state index contributed by atoms with van der Waals surface area (Å²) in [6.45, 7) is 2.56. The summed E-state index contributed by atoms with van der Waals surface area (Å²) in [5, 5.41) is 13.5. The smallest absolute Gasteiger partial charge is 0.335 e. The average Bonchev–Trinajstić information content (AvgIpc) is 2.77. The number of rotatable bonds is 9. The number of hydrogen-bond donors (Lipinski definition) is 1. The van der Waals surface area contributed by atoms with Gasteiger partial charge in [0.05, 0.1) is 17.2 Å². The third-order valence-electron chi connectivity index (χ3n) is 4.93. The second-order valence-corrected chi connectivity index (χ2v) is 7.76. The van der Waals surface area contributed by atoms with Crippen molar-refractivity contribution >= 4 is 46.9 Å². The zero-order valence-corrected chi connectivity index (χ0v) is 18.6. The van der Waals surface area contributed by atoms with Crippen molar-refractivity contribution in [2.75, 3.05) is 11.5 Å². The molecule has 33 heavy (non-hydrogen) atoms. The molecule has 1 heterocycles. The molecule has 3 rings (SSSR count). The minimum atomic E-state index is -0.999. The van der Waals surface area contributed by atoms with Crippen LogP contribution in [-0.4, -0.2) is 29.4 Å². The van der Waals surface area contributed by atoms with Gasteiger partial charge in [-0.05, 0) is 36.8 Å². The van der Waals surface area contributed by atoms with Gasteiger partial charge in [0.2, 0.25) is 0 Å². The number of unbranched alkanes of at least 4 members (excludes halogenated alkanes) is 3. The lowest BCUT2D eigenvalue weighted by atomic mass is 10.1. The van der Waals surface area contributed by atoms with Gasteiger partial charge in [0.25, 0.3) is 17.5 Å². The minimum Gasteiger partial charge on any atom is -0.493 e. The number of barbiturate groups is 1. The molecule has 0 saturated carbocycles. The fraction of sp³-hybridized carbons (Fsp3) is 0.261. The van der Waals surface area contributed by atoms with E-state index in [1.807, 2.05) is 0 Å². The molecule has 172 valence electrons. The summed E-state index contributed by atoms with van der Waals surface area (Å²) in [5.74, 6) is -1.37. The van der Waals surface area contributed by atoms with Crippen LogP contribution in [0.3, 0.4) is 0 Å². The molecule has 2 aromatic carbocycles. The van der Waals surface area contributed by atoms with Gasteiger partial charge in [-0.15, -0.1) is 0 Å². The van der Waals surface area contributed by atoms with Gasteiger partial charge in [0, 0.05) is 22.7 Å². The lowest BCUT2D eigenvalue weighted by Crippen LogP contribution is -2.54. The molecule has 2 aromatic rings. The van der Waals surface area contributed by atoms with Crippen LogP contribution in [0.25, 0.3) is 6.08 Å². The SMILES string of the molecule is CCCCCCOc1ccc(Cl)cc1C=C1C(=O)NC(=O)N(c2cccc([N+](=O)[O-])c2)C1=O. The van der Waals surface area contributed by atoms with Crippen molar-refractivity contribution in [2.24, 2.45) is 0 Å². The Labute approximate surface area is 195 Å². The first-order chi connectivity index (χ1) is 15.8. The van der Waals surface area contributed by atoms with Crippen molar-refractivity contribution < 1.29 is 24.0 Å². The van der Waals surface area contributed by atoms with Crippen molar-refractivity contribution in [3.8, 4) is 5.75 Å². The van der Waals surface area contributed by atoms with Crippen LogP contribution in [-0.2, 0) is 9.59 Å². The van der Waals surface area contributed by atoms with E-state index in [-0.39, 0.29) is 16.9 Å². The fourth-order valence-electron chi connectivity index (χ4n) is 3.27. The number of non-ortho nitro benzene ring substituents is 1. The minimum absolute atomic E-state index is 0.0383. The molecule has 0 atom stereocenters. The Morgan fingerprint density at radius 3 is 2.64 bits per heavy atom. The lowest BCUT2D eigenvalue weighted by Gasteiger charge is -2.26. The molecular formula is C23H22ClN3O6. The van der Waals surface area contributed by atoms with Crippen molar-refractivity contribution in [3.05, 3.63) is 68.7 Å². The normalized spacial score (nSPS) is 15.0. The van der Waals surface area contributed by atoms with E-state index in [9.17, 15) is 24.5 Å². The maximum absolute atomic E-state index is 13.1. The first kappa shape index (κ1) is 23.9. The van der Waals surface area contributed by atoms with Gasteiger partial charge in [0.15, 0.2) is 0 Å².